The van der Waals surface area contributed by atoms with Gasteiger partial charge in [0, 0.05) is 24.7 Å². The molecule has 1 atom stereocenters. The topological polar surface area (TPSA) is 119 Å². The minimum Gasteiger partial charge on any atom is -0.381 e. The van der Waals surface area contributed by atoms with Crippen molar-refractivity contribution in [1.29, 1.82) is 5.26 Å². The van der Waals surface area contributed by atoms with Gasteiger partial charge in [0.15, 0.2) is 0 Å². The number of H-pyrrole nitrogens is 1. The van der Waals surface area contributed by atoms with E-state index in [1.807, 2.05) is 4.90 Å². The summed E-state index contributed by atoms with van der Waals surface area (Å²) in [4.78, 5) is 22.1. The molecule has 7 heteroatoms. The number of nitrogens with one attached hydrogen (secondary N) is 1. The van der Waals surface area contributed by atoms with E-state index in [-0.39, 0.29) is 17.2 Å². The maximum Gasteiger partial charge on any atom is 0.268 e. The third-order valence-corrected chi connectivity index (χ3v) is 4.44. The Bertz CT molecular complexity index is 969. The summed E-state index contributed by atoms with van der Waals surface area (Å²) in [6, 6.07) is 9.06. The fraction of sp³-hybridized carbons (Fsp3) is 0.350. The Labute approximate surface area is 157 Å². The van der Waals surface area contributed by atoms with Crippen molar-refractivity contribution in [2.75, 3.05) is 18.0 Å². The van der Waals surface area contributed by atoms with Crippen LogP contribution in [0.25, 0.3) is 11.3 Å². The molecule has 1 unspecified atom stereocenters. The molecule has 1 fully saturated rings. The number of nitriles is 1. The molecule has 1 saturated heterocycles. The maximum absolute atomic E-state index is 12.7. The molecule has 7 nitrogen and oxygen atoms in total. The SMILES string of the molecule is CC(O)C#Cc1c(-c2ccc(C#N)cc2)nc(N2CCC(N)CC2)[nH]c1=O. The van der Waals surface area contributed by atoms with Crippen molar-refractivity contribution in [3.05, 3.63) is 45.7 Å². The lowest BCUT2D eigenvalue weighted by atomic mass is 10.0. The van der Waals surface area contributed by atoms with Gasteiger partial charge in [-0.05, 0) is 31.9 Å². The van der Waals surface area contributed by atoms with E-state index in [1.165, 1.54) is 6.92 Å². The first-order chi connectivity index (χ1) is 13.0. The highest BCUT2D eigenvalue weighted by Crippen LogP contribution is 2.23. The summed E-state index contributed by atoms with van der Waals surface area (Å²) < 4.78 is 0. The number of aromatic amines is 1. The number of nitrogens with zero attached hydrogens (tertiary/aromatic N) is 3. The van der Waals surface area contributed by atoms with Gasteiger partial charge in [0.05, 0.1) is 17.3 Å². The lowest BCUT2D eigenvalue weighted by Crippen LogP contribution is -2.41. The van der Waals surface area contributed by atoms with Crippen LogP contribution in [0.1, 0.15) is 30.9 Å². The number of rotatable bonds is 2. The smallest absolute Gasteiger partial charge is 0.268 e. The molecular formula is C20H21N5O2. The van der Waals surface area contributed by atoms with Crippen LogP contribution in [-0.4, -0.2) is 40.3 Å². The first-order valence-electron chi connectivity index (χ1n) is 8.83. The van der Waals surface area contributed by atoms with Gasteiger partial charge >= 0.3 is 0 Å². The number of anilines is 1. The molecule has 2 heterocycles. The van der Waals surface area contributed by atoms with Crippen molar-refractivity contribution in [2.24, 2.45) is 5.73 Å². The van der Waals surface area contributed by atoms with E-state index in [0.29, 0.717) is 22.8 Å². The Morgan fingerprint density at radius 1 is 1.33 bits per heavy atom. The standard InChI is InChI=1S/C20H21N5O2/c1-13(26)2-7-17-18(15-5-3-14(12-21)4-6-15)23-20(24-19(17)27)25-10-8-16(22)9-11-25/h3-6,13,16,26H,8-11,22H2,1H3,(H,23,24,27). The summed E-state index contributed by atoms with van der Waals surface area (Å²) in [5, 5.41) is 18.4. The second-order valence-electron chi connectivity index (χ2n) is 6.57. The largest absolute Gasteiger partial charge is 0.381 e. The molecule has 1 aliphatic rings. The van der Waals surface area contributed by atoms with Crippen LogP contribution in [-0.2, 0) is 0 Å². The molecule has 1 aromatic carbocycles. The van der Waals surface area contributed by atoms with E-state index >= 15 is 0 Å². The highest BCUT2D eigenvalue weighted by Gasteiger charge is 2.20. The summed E-state index contributed by atoms with van der Waals surface area (Å²) in [5.41, 5.74) is 7.43. The molecule has 0 aliphatic carbocycles. The first kappa shape index (κ1) is 18.7. The molecule has 2 aromatic rings. The van der Waals surface area contributed by atoms with Crippen LogP contribution in [0.4, 0.5) is 5.95 Å². The van der Waals surface area contributed by atoms with Gasteiger partial charge in [0.25, 0.3) is 5.56 Å². The number of hydrogen-bond donors (Lipinski definition) is 3. The van der Waals surface area contributed by atoms with Gasteiger partial charge in [-0.2, -0.15) is 5.26 Å². The van der Waals surface area contributed by atoms with Crippen LogP contribution in [0, 0.1) is 23.2 Å². The monoisotopic (exact) mass is 363 g/mol. The Kier molecular flexibility index (Phi) is 5.56. The van der Waals surface area contributed by atoms with Crippen molar-refractivity contribution in [2.45, 2.75) is 31.9 Å². The number of hydrogen-bond acceptors (Lipinski definition) is 6. The zero-order valence-electron chi connectivity index (χ0n) is 15.1. The third-order valence-electron chi connectivity index (χ3n) is 4.44. The van der Waals surface area contributed by atoms with Crippen LogP contribution in [0.3, 0.4) is 0 Å². The fourth-order valence-corrected chi connectivity index (χ4v) is 2.93. The maximum atomic E-state index is 12.7. The second-order valence-corrected chi connectivity index (χ2v) is 6.57. The molecule has 1 aliphatic heterocycles. The molecule has 0 saturated carbocycles. The van der Waals surface area contributed by atoms with E-state index in [1.54, 1.807) is 24.3 Å². The summed E-state index contributed by atoms with van der Waals surface area (Å²) >= 11 is 0. The van der Waals surface area contributed by atoms with E-state index < -0.39 is 6.10 Å². The van der Waals surface area contributed by atoms with Crippen molar-refractivity contribution in [1.82, 2.24) is 9.97 Å². The lowest BCUT2D eigenvalue weighted by molar-refractivity contribution is 0.253. The minimum atomic E-state index is -0.860. The Balaban J connectivity index is 2.10. The predicted octanol–water partition coefficient (Wildman–Crippen LogP) is 0.968. The van der Waals surface area contributed by atoms with Gasteiger partial charge in [0.1, 0.15) is 11.7 Å². The van der Waals surface area contributed by atoms with Gasteiger partial charge in [-0.25, -0.2) is 4.98 Å². The van der Waals surface area contributed by atoms with E-state index in [0.717, 1.165) is 25.9 Å². The second kappa shape index (κ2) is 8.05. The quantitative estimate of drug-likeness (QED) is 0.684. The van der Waals surface area contributed by atoms with E-state index in [9.17, 15) is 9.90 Å². The van der Waals surface area contributed by atoms with E-state index in [2.05, 4.69) is 27.9 Å². The molecule has 27 heavy (non-hydrogen) atoms. The number of aliphatic hydroxyl groups is 1. The van der Waals surface area contributed by atoms with Gasteiger partial charge in [-0.15, -0.1) is 0 Å². The van der Waals surface area contributed by atoms with Crippen molar-refractivity contribution < 1.29 is 5.11 Å². The van der Waals surface area contributed by atoms with E-state index in [4.69, 9.17) is 11.0 Å². The van der Waals surface area contributed by atoms with Crippen LogP contribution in [0.2, 0.25) is 0 Å². The fourth-order valence-electron chi connectivity index (χ4n) is 2.93. The highest BCUT2D eigenvalue weighted by atomic mass is 16.3. The number of benzene rings is 1. The Morgan fingerprint density at radius 2 is 2.00 bits per heavy atom. The number of piperidine rings is 1. The minimum absolute atomic E-state index is 0.169. The van der Waals surface area contributed by atoms with Crippen molar-refractivity contribution in [3.8, 4) is 29.2 Å². The van der Waals surface area contributed by atoms with Crippen molar-refractivity contribution in [3.63, 3.8) is 0 Å². The van der Waals surface area contributed by atoms with Crippen LogP contribution in [0.15, 0.2) is 29.1 Å². The van der Waals surface area contributed by atoms with Crippen LogP contribution < -0.4 is 16.2 Å². The molecule has 3 rings (SSSR count). The summed E-state index contributed by atoms with van der Waals surface area (Å²) in [5.74, 6) is 5.82. The van der Waals surface area contributed by atoms with Crippen LogP contribution in [0.5, 0.6) is 0 Å². The first-order valence-corrected chi connectivity index (χ1v) is 8.83. The molecule has 0 amide bonds. The number of aliphatic hydroxyl groups excluding tert-OH is 1. The molecular weight excluding hydrogens is 342 g/mol. The molecule has 0 spiro atoms. The molecule has 0 radical (unpaired) electrons. The summed E-state index contributed by atoms with van der Waals surface area (Å²) in [7, 11) is 0. The Morgan fingerprint density at radius 3 is 2.59 bits per heavy atom. The van der Waals surface area contributed by atoms with Gasteiger partial charge in [-0.1, -0.05) is 24.0 Å². The number of aromatic nitrogens is 2. The molecule has 138 valence electrons. The molecule has 1 aromatic heterocycles. The Hall–Kier alpha value is -3.13. The normalized spacial score (nSPS) is 15.6. The molecule has 0 bridgehead atoms. The highest BCUT2D eigenvalue weighted by molar-refractivity contribution is 5.68. The third kappa shape index (κ3) is 4.35. The van der Waals surface area contributed by atoms with Crippen LogP contribution >= 0.6 is 0 Å². The van der Waals surface area contributed by atoms with Gasteiger partial charge in [-0.3, -0.25) is 9.78 Å². The van der Waals surface area contributed by atoms with Crippen molar-refractivity contribution >= 4 is 5.95 Å². The zero-order valence-corrected chi connectivity index (χ0v) is 15.1. The lowest BCUT2D eigenvalue weighted by Gasteiger charge is -2.30. The predicted molar refractivity (Wildman–Crippen MR) is 103 cm³/mol. The summed E-state index contributed by atoms with van der Waals surface area (Å²) in [6.45, 7) is 2.96. The zero-order chi connectivity index (χ0) is 19.4. The number of nitrogens with two attached hydrogens (primary N) is 1. The van der Waals surface area contributed by atoms with Gasteiger partial charge < -0.3 is 15.7 Å². The average Bonchev–Trinajstić information content (AvgIpc) is 2.67. The summed E-state index contributed by atoms with van der Waals surface area (Å²) in [6.07, 6.45) is 0.806. The molecule has 4 N–H and O–H groups in total. The average molecular weight is 363 g/mol. The van der Waals surface area contributed by atoms with Gasteiger partial charge in [0.2, 0.25) is 5.95 Å².